The summed E-state index contributed by atoms with van der Waals surface area (Å²) in [6, 6.07) is 7.89. The van der Waals surface area contributed by atoms with Crippen molar-refractivity contribution in [3.05, 3.63) is 42.0 Å². The molecule has 0 aliphatic carbocycles. The lowest BCUT2D eigenvalue weighted by atomic mass is 9.77. The second kappa shape index (κ2) is 4.68. The van der Waals surface area contributed by atoms with Crippen LogP contribution in [0.5, 0.6) is 0 Å². The third-order valence-electron chi connectivity index (χ3n) is 5.26. The van der Waals surface area contributed by atoms with Gasteiger partial charge in [-0.15, -0.1) is 0 Å². The number of benzene rings is 1. The van der Waals surface area contributed by atoms with Crippen LogP contribution in [0.3, 0.4) is 0 Å². The second-order valence-corrected chi connectivity index (χ2v) is 6.91. The molecule has 2 fully saturated rings. The summed E-state index contributed by atoms with van der Waals surface area (Å²) in [7, 11) is 0. The van der Waals surface area contributed by atoms with Crippen molar-refractivity contribution in [2.24, 2.45) is 11.8 Å². The molecule has 1 N–H and O–H groups in total. The normalized spacial score (nSPS) is 34.5. The van der Waals surface area contributed by atoms with Crippen molar-refractivity contribution in [2.45, 2.75) is 31.5 Å². The van der Waals surface area contributed by atoms with Gasteiger partial charge in [0.1, 0.15) is 11.5 Å². The van der Waals surface area contributed by atoms with Gasteiger partial charge in [0.2, 0.25) is 5.91 Å². The minimum absolute atomic E-state index is 0.151. The molecule has 0 unspecified atom stereocenters. The fourth-order valence-electron chi connectivity index (χ4n) is 4.04. The molecule has 1 spiro atoms. The number of carbonyl (C=O) groups excluding carboxylic acids is 1. The monoisotopic (exact) mass is 313 g/mol. The van der Waals surface area contributed by atoms with Crippen molar-refractivity contribution >= 4 is 17.6 Å². The molecule has 2 bridgehead atoms. The van der Waals surface area contributed by atoms with E-state index in [2.05, 4.69) is 13.8 Å². The van der Waals surface area contributed by atoms with E-state index in [1.807, 2.05) is 30.3 Å². The number of carbonyl (C=O) groups is 2. The third-order valence-corrected chi connectivity index (χ3v) is 5.26. The number of anilines is 1. The molecule has 3 heterocycles. The lowest BCUT2D eigenvalue weighted by Gasteiger charge is -2.21. The SMILES string of the molecule is CC(C)c1ccc(N2C[C@@]34C=C[C@H](O3)[C@@H](C(=O)O)[C@H]4C2=O)cc1. The van der Waals surface area contributed by atoms with Crippen molar-refractivity contribution < 1.29 is 19.4 Å². The standard InChI is InChI=1S/C18H19NO4/c1-10(2)11-3-5-12(6-4-11)19-9-18-8-7-13(23-18)14(17(21)22)15(18)16(19)20/h3-8,10,13-15H,9H2,1-2H3,(H,21,22)/t13-,14+,15-,18+/m0/s1. The minimum atomic E-state index is -0.961. The van der Waals surface area contributed by atoms with Gasteiger partial charge in [-0.25, -0.2) is 0 Å². The highest BCUT2D eigenvalue weighted by Gasteiger charge is 2.67. The minimum Gasteiger partial charge on any atom is -0.481 e. The Labute approximate surface area is 134 Å². The van der Waals surface area contributed by atoms with E-state index in [0.29, 0.717) is 12.5 Å². The van der Waals surface area contributed by atoms with E-state index < -0.39 is 29.5 Å². The highest BCUT2D eigenvalue weighted by molar-refractivity contribution is 6.02. The van der Waals surface area contributed by atoms with E-state index in [4.69, 9.17) is 4.74 Å². The van der Waals surface area contributed by atoms with Gasteiger partial charge >= 0.3 is 5.97 Å². The van der Waals surface area contributed by atoms with Crippen LogP contribution in [0.4, 0.5) is 5.69 Å². The van der Waals surface area contributed by atoms with Gasteiger partial charge in [-0.3, -0.25) is 9.59 Å². The maximum absolute atomic E-state index is 12.9. The molecule has 23 heavy (non-hydrogen) atoms. The van der Waals surface area contributed by atoms with Crippen LogP contribution < -0.4 is 4.90 Å². The predicted molar refractivity (Wildman–Crippen MR) is 84.2 cm³/mol. The number of carboxylic acid groups (broad SMARTS) is 1. The molecule has 0 radical (unpaired) electrons. The Kier molecular flexibility index (Phi) is 2.94. The van der Waals surface area contributed by atoms with Crippen molar-refractivity contribution in [2.75, 3.05) is 11.4 Å². The zero-order chi connectivity index (χ0) is 16.4. The molecule has 1 aromatic carbocycles. The summed E-state index contributed by atoms with van der Waals surface area (Å²) < 4.78 is 5.89. The molecule has 3 aliphatic rings. The average molecular weight is 313 g/mol. The van der Waals surface area contributed by atoms with Gasteiger partial charge in [0, 0.05) is 5.69 Å². The lowest BCUT2D eigenvalue weighted by Crippen LogP contribution is -2.39. The molecule has 0 saturated carbocycles. The zero-order valence-corrected chi connectivity index (χ0v) is 13.1. The van der Waals surface area contributed by atoms with Gasteiger partial charge in [-0.05, 0) is 23.6 Å². The van der Waals surface area contributed by atoms with Crippen molar-refractivity contribution in [1.82, 2.24) is 0 Å². The molecule has 5 nitrogen and oxygen atoms in total. The maximum Gasteiger partial charge on any atom is 0.310 e. The van der Waals surface area contributed by atoms with Gasteiger partial charge < -0.3 is 14.7 Å². The molecule has 1 aromatic rings. The Morgan fingerprint density at radius 3 is 2.65 bits per heavy atom. The van der Waals surface area contributed by atoms with Crippen LogP contribution >= 0.6 is 0 Å². The molecule has 1 amide bonds. The number of amides is 1. The number of nitrogens with zero attached hydrogens (tertiary/aromatic N) is 1. The van der Waals surface area contributed by atoms with E-state index >= 15 is 0 Å². The summed E-state index contributed by atoms with van der Waals surface area (Å²) in [5.41, 5.74) is 1.23. The number of fused-ring (bicyclic) bond motifs is 1. The van der Waals surface area contributed by atoms with Crippen molar-refractivity contribution in [1.29, 1.82) is 0 Å². The van der Waals surface area contributed by atoms with Crippen LogP contribution in [0.2, 0.25) is 0 Å². The molecule has 5 heteroatoms. The van der Waals surface area contributed by atoms with E-state index in [9.17, 15) is 14.7 Å². The fraction of sp³-hybridized carbons (Fsp3) is 0.444. The number of aliphatic carboxylic acids is 1. The number of hydrogen-bond donors (Lipinski definition) is 1. The average Bonchev–Trinajstić information content (AvgIpc) is 3.15. The molecule has 0 aromatic heterocycles. The van der Waals surface area contributed by atoms with E-state index in [-0.39, 0.29) is 5.91 Å². The predicted octanol–water partition coefficient (Wildman–Crippen LogP) is 2.18. The Bertz CT molecular complexity index is 708. The van der Waals surface area contributed by atoms with E-state index in [1.165, 1.54) is 5.56 Å². The number of carboxylic acids is 1. The first-order valence-corrected chi connectivity index (χ1v) is 7.94. The smallest absolute Gasteiger partial charge is 0.310 e. The first kappa shape index (κ1) is 14.5. The van der Waals surface area contributed by atoms with E-state index in [1.54, 1.807) is 11.0 Å². The fourth-order valence-corrected chi connectivity index (χ4v) is 4.04. The molecule has 4 atom stereocenters. The largest absolute Gasteiger partial charge is 0.481 e. The van der Waals surface area contributed by atoms with Crippen molar-refractivity contribution in [3.8, 4) is 0 Å². The Hall–Kier alpha value is -2.14. The number of rotatable bonds is 3. The lowest BCUT2D eigenvalue weighted by molar-refractivity contribution is -0.146. The summed E-state index contributed by atoms with van der Waals surface area (Å²) in [5, 5.41) is 9.47. The topological polar surface area (TPSA) is 66.8 Å². The van der Waals surface area contributed by atoms with E-state index in [0.717, 1.165) is 5.69 Å². The second-order valence-electron chi connectivity index (χ2n) is 6.91. The van der Waals surface area contributed by atoms with Gasteiger partial charge in [0.25, 0.3) is 0 Å². The van der Waals surface area contributed by atoms with Crippen LogP contribution in [0.1, 0.15) is 25.3 Å². The summed E-state index contributed by atoms with van der Waals surface area (Å²) in [6.07, 6.45) is 3.18. The summed E-state index contributed by atoms with van der Waals surface area (Å²) >= 11 is 0. The molecule has 4 rings (SSSR count). The van der Waals surface area contributed by atoms with Crippen LogP contribution in [-0.2, 0) is 14.3 Å². The van der Waals surface area contributed by atoms with Gasteiger partial charge in [-0.1, -0.05) is 38.1 Å². The summed E-state index contributed by atoms with van der Waals surface area (Å²) in [6.45, 7) is 4.62. The van der Waals surface area contributed by atoms with Crippen LogP contribution in [0.25, 0.3) is 0 Å². The molecular weight excluding hydrogens is 294 g/mol. The number of ether oxygens (including phenoxy) is 1. The first-order chi connectivity index (χ1) is 10.9. The van der Waals surface area contributed by atoms with Gasteiger partial charge in [0.15, 0.2) is 0 Å². The van der Waals surface area contributed by atoms with Crippen LogP contribution in [-0.4, -0.2) is 35.2 Å². The highest BCUT2D eigenvalue weighted by atomic mass is 16.5. The first-order valence-electron chi connectivity index (χ1n) is 7.94. The maximum atomic E-state index is 12.9. The zero-order valence-electron chi connectivity index (χ0n) is 13.1. The Morgan fingerprint density at radius 1 is 1.35 bits per heavy atom. The van der Waals surface area contributed by atoms with Crippen molar-refractivity contribution in [3.63, 3.8) is 0 Å². The van der Waals surface area contributed by atoms with Crippen LogP contribution in [0, 0.1) is 11.8 Å². The Morgan fingerprint density at radius 2 is 2.04 bits per heavy atom. The quantitative estimate of drug-likeness (QED) is 0.869. The highest BCUT2D eigenvalue weighted by Crippen LogP contribution is 2.52. The van der Waals surface area contributed by atoms with Crippen LogP contribution in [0.15, 0.2) is 36.4 Å². The molecule has 120 valence electrons. The molecular formula is C18H19NO4. The third kappa shape index (κ3) is 1.89. The molecule has 3 aliphatic heterocycles. The number of hydrogen-bond acceptors (Lipinski definition) is 3. The summed E-state index contributed by atoms with van der Waals surface area (Å²) in [5.74, 6) is -2.10. The summed E-state index contributed by atoms with van der Waals surface area (Å²) in [4.78, 5) is 26.1. The van der Waals surface area contributed by atoms with Gasteiger partial charge in [-0.2, -0.15) is 0 Å². The molecule has 2 saturated heterocycles. The van der Waals surface area contributed by atoms with Gasteiger partial charge in [0.05, 0.1) is 18.6 Å². The Balaban J connectivity index is 1.67.